The minimum absolute atomic E-state index is 0.253. The van der Waals surface area contributed by atoms with Crippen LogP contribution in [0.4, 0.5) is 0 Å². The van der Waals surface area contributed by atoms with Gasteiger partial charge in [0.2, 0.25) is 0 Å². The summed E-state index contributed by atoms with van der Waals surface area (Å²) >= 11 is 0. The second kappa shape index (κ2) is 5.49. The van der Waals surface area contributed by atoms with Crippen molar-refractivity contribution < 1.29 is 20.1 Å². The third-order valence-electron chi connectivity index (χ3n) is 3.81. The van der Waals surface area contributed by atoms with E-state index >= 15 is 0 Å². The summed E-state index contributed by atoms with van der Waals surface area (Å²) in [5.74, 6) is -0.498. The third kappa shape index (κ3) is 2.31. The van der Waals surface area contributed by atoms with E-state index in [-0.39, 0.29) is 13.0 Å². The number of H-pyrrole nitrogens is 1. The van der Waals surface area contributed by atoms with Crippen LogP contribution in [-0.2, 0) is 4.74 Å². The summed E-state index contributed by atoms with van der Waals surface area (Å²) in [6.45, 7) is 0.331. The molecule has 0 aromatic carbocycles. The van der Waals surface area contributed by atoms with Crippen molar-refractivity contribution in [2.75, 3.05) is 19.8 Å². The van der Waals surface area contributed by atoms with Crippen molar-refractivity contribution in [3.63, 3.8) is 0 Å². The van der Waals surface area contributed by atoms with E-state index in [0.717, 1.165) is 0 Å². The molecule has 112 valence electrons. The molecule has 0 bridgehead atoms. The summed E-state index contributed by atoms with van der Waals surface area (Å²) in [5, 5.41) is 28.2. The molecule has 0 radical (unpaired) electrons. The molecule has 1 saturated heterocycles. The van der Waals surface area contributed by atoms with Crippen LogP contribution in [0.15, 0.2) is 15.8 Å². The van der Waals surface area contributed by atoms with Gasteiger partial charge >= 0.3 is 5.69 Å². The summed E-state index contributed by atoms with van der Waals surface area (Å²) in [6.07, 6.45) is 0.864. The van der Waals surface area contributed by atoms with E-state index in [1.54, 1.807) is 6.92 Å². The molecule has 20 heavy (non-hydrogen) atoms. The quantitative estimate of drug-likeness (QED) is 0.512. The molecule has 4 N–H and O–H groups in total. The van der Waals surface area contributed by atoms with E-state index in [1.165, 1.54) is 10.8 Å². The Hall–Kier alpha value is -1.48. The first-order chi connectivity index (χ1) is 9.47. The largest absolute Gasteiger partial charge is 0.396 e. The Labute approximate surface area is 114 Å². The van der Waals surface area contributed by atoms with Gasteiger partial charge in [-0.3, -0.25) is 14.3 Å². The molecule has 8 nitrogen and oxygen atoms in total. The molecule has 1 aliphatic rings. The lowest BCUT2D eigenvalue weighted by atomic mass is 9.89. The molecule has 1 aromatic heterocycles. The van der Waals surface area contributed by atoms with E-state index in [4.69, 9.17) is 4.74 Å². The molecule has 1 aliphatic heterocycles. The lowest BCUT2D eigenvalue weighted by molar-refractivity contribution is -0.140. The first-order valence-corrected chi connectivity index (χ1v) is 6.30. The molecular formula is C12H18N2O6. The van der Waals surface area contributed by atoms with Crippen LogP contribution in [-0.4, -0.2) is 50.3 Å². The zero-order valence-corrected chi connectivity index (χ0v) is 11.1. The molecule has 0 aliphatic carbocycles. The smallest absolute Gasteiger partial charge is 0.330 e. The van der Waals surface area contributed by atoms with E-state index in [0.29, 0.717) is 5.56 Å². The van der Waals surface area contributed by atoms with Gasteiger partial charge in [-0.1, -0.05) is 0 Å². The summed E-state index contributed by atoms with van der Waals surface area (Å²) < 4.78 is 6.79. The monoisotopic (exact) mass is 286 g/mol. The molecule has 0 unspecified atom stereocenters. The van der Waals surface area contributed by atoms with Crippen molar-refractivity contribution in [3.05, 3.63) is 32.6 Å². The fourth-order valence-electron chi connectivity index (χ4n) is 2.47. The number of nitrogens with zero attached hydrogens (tertiary/aromatic N) is 1. The Morgan fingerprint density at radius 1 is 1.40 bits per heavy atom. The molecule has 1 fully saturated rings. The van der Waals surface area contributed by atoms with Gasteiger partial charge in [0.15, 0.2) is 0 Å². The van der Waals surface area contributed by atoms with Gasteiger partial charge in [-0.15, -0.1) is 0 Å². The minimum atomic E-state index is -1.29. The number of aliphatic hydroxyl groups excluding tert-OH is 3. The molecule has 2 atom stereocenters. The highest BCUT2D eigenvalue weighted by molar-refractivity contribution is 5.03. The molecule has 2 rings (SSSR count). The number of aryl methyl sites for hydroxylation is 1. The van der Waals surface area contributed by atoms with Crippen LogP contribution < -0.4 is 11.2 Å². The molecule has 0 spiro atoms. The zero-order chi connectivity index (χ0) is 14.9. The number of aromatic amines is 1. The predicted octanol–water partition coefficient (Wildman–Crippen LogP) is -1.90. The molecule has 0 saturated carbocycles. The number of hydrogen-bond donors (Lipinski definition) is 4. The Balaban J connectivity index is 2.39. The van der Waals surface area contributed by atoms with Crippen LogP contribution in [0.5, 0.6) is 0 Å². The maximum Gasteiger partial charge on any atom is 0.330 e. The van der Waals surface area contributed by atoms with Gasteiger partial charge in [0.1, 0.15) is 11.8 Å². The van der Waals surface area contributed by atoms with Crippen LogP contribution in [0.3, 0.4) is 0 Å². The molecule has 2 heterocycles. The topological polar surface area (TPSA) is 125 Å². The standard InChI is InChI=1S/C12H18N2O6/c1-7-3-14(11(19)13-10(7)18)9-2-8(4-15)12(5-16,6-17)20-9/h3,8-9,15-17H,2,4-6H2,1H3,(H,13,18,19)/t8-,9-/m1/s1. The predicted molar refractivity (Wildman–Crippen MR) is 68.3 cm³/mol. The second-order valence-corrected chi connectivity index (χ2v) is 5.05. The highest BCUT2D eigenvalue weighted by Gasteiger charge is 2.48. The van der Waals surface area contributed by atoms with Gasteiger partial charge in [-0.25, -0.2) is 4.79 Å². The number of aromatic nitrogens is 2. The van der Waals surface area contributed by atoms with E-state index in [1.807, 2.05) is 0 Å². The van der Waals surface area contributed by atoms with E-state index in [2.05, 4.69) is 4.98 Å². The summed E-state index contributed by atoms with van der Waals surface area (Å²) in [4.78, 5) is 25.3. The Kier molecular flexibility index (Phi) is 4.09. The summed E-state index contributed by atoms with van der Waals surface area (Å²) in [5.41, 5.74) is -2.05. The molecule has 8 heteroatoms. The van der Waals surface area contributed by atoms with Gasteiger partial charge in [0, 0.05) is 30.7 Å². The van der Waals surface area contributed by atoms with Gasteiger partial charge in [0.25, 0.3) is 5.56 Å². The fourth-order valence-corrected chi connectivity index (χ4v) is 2.47. The van der Waals surface area contributed by atoms with E-state index < -0.39 is 42.2 Å². The van der Waals surface area contributed by atoms with Crippen molar-refractivity contribution in [2.24, 2.45) is 5.92 Å². The van der Waals surface area contributed by atoms with Crippen molar-refractivity contribution in [2.45, 2.75) is 25.2 Å². The fraction of sp³-hybridized carbons (Fsp3) is 0.667. The second-order valence-electron chi connectivity index (χ2n) is 5.05. The third-order valence-corrected chi connectivity index (χ3v) is 3.81. The van der Waals surface area contributed by atoms with Crippen molar-refractivity contribution >= 4 is 0 Å². The Morgan fingerprint density at radius 3 is 2.55 bits per heavy atom. The number of ether oxygens (including phenoxy) is 1. The Morgan fingerprint density at radius 2 is 2.05 bits per heavy atom. The summed E-state index contributed by atoms with van der Waals surface area (Å²) in [7, 11) is 0. The van der Waals surface area contributed by atoms with Gasteiger partial charge in [-0.2, -0.15) is 0 Å². The van der Waals surface area contributed by atoms with Crippen molar-refractivity contribution in [1.29, 1.82) is 0 Å². The van der Waals surface area contributed by atoms with Crippen LogP contribution in [0.1, 0.15) is 18.2 Å². The first kappa shape index (κ1) is 14.9. The SMILES string of the molecule is Cc1cn([C@H]2C[C@H](CO)C(CO)(CO)O2)c(=O)[nH]c1=O. The lowest BCUT2D eigenvalue weighted by Gasteiger charge is -2.29. The van der Waals surface area contributed by atoms with Crippen LogP contribution in [0.25, 0.3) is 0 Å². The number of aliphatic hydroxyl groups is 3. The normalized spacial score (nSPS) is 25.0. The zero-order valence-electron chi connectivity index (χ0n) is 11.1. The first-order valence-electron chi connectivity index (χ1n) is 6.30. The van der Waals surface area contributed by atoms with Gasteiger partial charge in [0.05, 0.1) is 13.2 Å². The van der Waals surface area contributed by atoms with Crippen LogP contribution >= 0.6 is 0 Å². The highest BCUT2D eigenvalue weighted by Crippen LogP contribution is 2.40. The van der Waals surface area contributed by atoms with Gasteiger partial charge in [-0.05, 0) is 6.92 Å². The van der Waals surface area contributed by atoms with Gasteiger partial charge < -0.3 is 20.1 Å². The van der Waals surface area contributed by atoms with Crippen LogP contribution in [0.2, 0.25) is 0 Å². The van der Waals surface area contributed by atoms with E-state index in [9.17, 15) is 24.9 Å². The van der Waals surface area contributed by atoms with Crippen molar-refractivity contribution in [3.8, 4) is 0 Å². The molecular weight excluding hydrogens is 268 g/mol. The highest BCUT2D eigenvalue weighted by atomic mass is 16.6. The number of rotatable bonds is 4. The minimum Gasteiger partial charge on any atom is -0.396 e. The maximum absolute atomic E-state index is 11.8. The molecule has 0 amide bonds. The summed E-state index contributed by atoms with van der Waals surface area (Å²) in [6, 6.07) is 0. The maximum atomic E-state index is 11.8. The molecule has 1 aromatic rings. The number of nitrogens with one attached hydrogen (secondary N) is 1. The lowest BCUT2D eigenvalue weighted by Crippen LogP contribution is -2.45. The number of hydrogen-bond acceptors (Lipinski definition) is 6. The average molecular weight is 286 g/mol. The average Bonchev–Trinajstić information content (AvgIpc) is 2.82. The van der Waals surface area contributed by atoms with Crippen LogP contribution in [0, 0.1) is 12.8 Å². The Bertz CT molecular complexity index is 588. The van der Waals surface area contributed by atoms with Crippen molar-refractivity contribution in [1.82, 2.24) is 9.55 Å².